The van der Waals surface area contributed by atoms with E-state index in [1.165, 1.54) is 12.1 Å². The minimum Gasteiger partial charge on any atom is -0.497 e. The smallest absolute Gasteiger partial charge is 0.254 e. The molecule has 3 aromatic rings. The van der Waals surface area contributed by atoms with Crippen molar-refractivity contribution in [3.63, 3.8) is 0 Å². The van der Waals surface area contributed by atoms with Crippen LogP contribution in [0.4, 0.5) is 4.39 Å². The molecule has 2 aliphatic heterocycles. The highest BCUT2D eigenvalue weighted by Crippen LogP contribution is 2.24. The molecule has 2 aliphatic rings. The number of carbonyl (C=O) groups is 2. The minimum atomic E-state index is -0.339. The largest absolute Gasteiger partial charge is 0.497 e. The van der Waals surface area contributed by atoms with Crippen molar-refractivity contribution in [3.05, 3.63) is 101 Å². The fourth-order valence-corrected chi connectivity index (χ4v) is 5.85. The molecular formula is C35H41FN2O5. The number of ketones is 1. The lowest BCUT2D eigenvalue weighted by molar-refractivity contribution is -0.0392. The maximum absolute atomic E-state index is 14.1. The lowest BCUT2D eigenvalue weighted by Gasteiger charge is -2.33. The fraction of sp³-hybridized carbons (Fsp3) is 0.429. The van der Waals surface area contributed by atoms with E-state index in [4.69, 9.17) is 14.2 Å². The number of hydrogen-bond acceptors (Lipinski definition) is 6. The van der Waals surface area contributed by atoms with Gasteiger partial charge >= 0.3 is 0 Å². The molecule has 2 heterocycles. The second-order valence-electron chi connectivity index (χ2n) is 11.3. The maximum atomic E-state index is 14.1. The van der Waals surface area contributed by atoms with Crippen LogP contribution in [0.15, 0.2) is 72.8 Å². The Kier molecular flexibility index (Phi) is 10.9. The lowest BCUT2D eigenvalue weighted by atomic mass is 9.89. The average Bonchev–Trinajstić information content (AvgIpc) is 3.06. The molecule has 8 heteroatoms. The first kappa shape index (κ1) is 30.9. The van der Waals surface area contributed by atoms with Gasteiger partial charge in [-0.3, -0.25) is 9.59 Å². The van der Waals surface area contributed by atoms with Gasteiger partial charge in [-0.1, -0.05) is 30.3 Å². The summed E-state index contributed by atoms with van der Waals surface area (Å²) < 4.78 is 30.4. The molecule has 0 spiro atoms. The number of methoxy groups -OCH3 is 1. The van der Waals surface area contributed by atoms with E-state index in [9.17, 15) is 14.0 Å². The molecule has 43 heavy (non-hydrogen) atoms. The molecule has 1 amide bonds. The quantitative estimate of drug-likeness (QED) is 0.251. The van der Waals surface area contributed by atoms with Crippen LogP contribution in [0.2, 0.25) is 0 Å². The monoisotopic (exact) mass is 588 g/mol. The molecule has 0 saturated carbocycles. The molecule has 7 nitrogen and oxygen atoms in total. The Labute approximate surface area is 253 Å². The van der Waals surface area contributed by atoms with Crippen LogP contribution in [0.3, 0.4) is 0 Å². The predicted octanol–water partition coefficient (Wildman–Crippen LogP) is 5.77. The number of halogens is 1. The third-order valence-electron chi connectivity index (χ3n) is 8.46. The zero-order valence-corrected chi connectivity index (χ0v) is 24.9. The second-order valence-corrected chi connectivity index (χ2v) is 11.3. The highest BCUT2D eigenvalue weighted by Gasteiger charge is 2.27. The highest BCUT2D eigenvalue weighted by atomic mass is 19.1. The summed E-state index contributed by atoms with van der Waals surface area (Å²) in [5, 5.41) is 0. The molecule has 3 aromatic carbocycles. The van der Waals surface area contributed by atoms with Crippen LogP contribution < -0.4 is 4.74 Å². The predicted molar refractivity (Wildman–Crippen MR) is 163 cm³/mol. The molecule has 0 aliphatic carbocycles. The van der Waals surface area contributed by atoms with Crippen LogP contribution in [0.25, 0.3) is 0 Å². The zero-order chi connectivity index (χ0) is 30.0. The number of piperidine rings is 1. The summed E-state index contributed by atoms with van der Waals surface area (Å²) in [5.41, 5.74) is 3.09. The van der Waals surface area contributed by atoms with Crippen molar-refractivity contribution in [2.75, 3.05) is 46.5 Å². The first-order valence-electron chi connectivity index (χ1n) is 15.2. The summed E-state index contributed by atoms with van der Waals surface area (Å²) in [6.07, 6.45) is 3.36. The highest BCUT2D eigenvalue weighted by molar-refractivity contribution is 5.98. The summed E-state index contributed by atoms with van der Waals surface area (Å²) in [5.74, 6) is 0.389. The van der Waals surface area contributed by atoms with E-state index in [1.54, 1.807) is 19.2 Å². The van der Waals surface area contributed by atoms with E-state index in [2.05, 4.69) is 4.90 Å². The van der Waals surface area contributed by atoms with Crippen molar-refractivity contribution in [2.24, 2.45) is 5.92 Å². The minimum absolute atomic E-state index is 0.0321. The summed E-state index contributed by atoms with van der Waals surface area (Å²) in [7, 11) is 1.64. The van der Waals surface area contributed by atoms with Gasteiger partial charge in [0.05, 0.1) is 19.8 Å². The number of ether oxygens (including phenoxy) is 3. The Morgan fingerprint density at radius 1 is 0.953 bits per heavy atom. The maximum Gasteiger partial charge on any atom is 0.254 e. The number of rotatable bonds is 12. The molecule has 2 fully saturated rings. The molecule has 0 atom stereocenters. The van der Waals surface area contributed by atoms with Crippen LogP contribution in [0.5, 0.6) is 5.75 Å². The summed E-state index contributed by atoms with van der Waals surface area (Å²) in [4.78, 5) is 31.3. The second kappa shape index (κ2) is 15.2. The summed E-state index contributed by atoms with van der Waals surface area (Å²) in [6, 6.07) is 21.3. The van der Waals surface area contributed by atoms with Crippen molar-refractivity contribution in [2.45, 2.75) is 44.9 Å². The Balaban J connectivity index is 1.24. The van der Waals surface area contributed by atoms with Crippen molar-refractivity contribution >= 4 is 11.7 Å². The first-order valence-corrected chi connectivity index (χ1v) is 15.2. The molecule has 5 rings (SSSR count). The van der Waals surface area contributed by atoms with Crippen molar-refractivity contribution < 1.29 is 28.2 Å². The number of likely N-dealkylation sites (tertiary alicyclic amines) is 1. The van der Waals surface area contributed by atoms with Gasteiger partial charge in [0, 0.05) is 49.9 Å². The first-order chi connectivity index (χ1) is 21.0. The number of carbonyl (C=O) groups excluding carboxylic acids is 2. The summed E-state index contributed by atoms with van der Waals surface area (Å²) >= 11 is 0. The Morgan fingerprint density at radius 3 is 2.44 bits per heavy atom. The number of nitrogens with zero attached hydrogens (tertiary/aromatic N) is 2. The van der Waals surface area contributed by atoms with Gasteiger partial charge in [0.15, 0.2) is 5.78 Å². The Hall–Kier alpha value is -3.59. The van der Waals surface area contributed by atoms with Gasteiger partial charge < -0.3 is 24.0 Å². The van der Waals surface area contributed by atoms with Crippen LogP contribution in [-0.2, 0) is 22.6 Å². The topological polar surface area (TPSA) is 68.3 Å². The van der Waals surface area contributed by atoms with Gasteiger partial charge in [-0.15, -0.1) is 0 Å². The van der Waals surface area contributed by atoms with E-state index in [0.29, 0.717) is 50.6 Å². The molecule has 0 aromatic heterocycles. The van der Waals surface area contributed by atoms with Crippen LogP contribution >= 0.6 is 0 Å². The third-order valence-corrected chi connectivity index (χ3v) is 8.46. The van der Waals surface area contributed by atoms with E-state index in [-0.39, 0.29) is 29.5 Å². The van der Waals surface area contributed by atoms with E-state index in [0.717, 1.165) is 55.6 Å². The SMILES string of the molecule is COc1cccc(CN(CCN2CCC(C(=O)c3ccc(F)cc3)CC2)C(=O)c2ccccc2COC2CCOCC2)c1. The average molecular weight is 589 g/mol. The standard InChI is InChI=1S/C35H41FN2O5/c1-41-32-7-4-5-26(23-32)24-38(35(40)33-8-3-2-6-29(33)25-43-31-15-21-42-22-16-31)20-19-37-17-13-28(14-18-37)34(39)27-9-11-30(36)12-10-27/h2-12,23,28,31H,13-22,24-25H2,1H3. The number of amides is 1. The lowest BCUT2D eigenvalue weighted by Crippen LogP contribution is -2.42. The van der Waals surface area contributed by atoms with Crippen molar-refractivity contribution in [1.82, 2.24) is 9.80 Å². The molecule has 0 unspecified atom stereocenters. The van der Waals surface area contributed by atoms with Crippen LogP contribution in [0.1, 0.15) is 57.5 Å². The molecular weight excluding hydrogens is 547 g/mol. The Bertz CT molecular complexity index is 1350. The van der Waals surface area contributed by atoms with Crippen LogP contribution in [0, 0.1) is 11.7 Å². The number of hydrogen-bond donors (Lipinski definition) is 0. The third kappa shape index (κ3) is 8.50. The summed E-state index contributed by atoms with van der Waals surface area (Å²) in [6.45, 7) is 5.03. The normalized spacial score (nSPS) is 16.6. The van der Waals surface area contributed by atoms with Gasteiger partial charge in [0.1, 0.15) is 11.6 Å². The molecule has 228 valence electrons. The molecule has 0 N–H and O–H groups in total. The van der Waals surface area contributed by atoms with Gasteiger partial charge in [-0.05, 0) is 92.4 Å². The van der Waals surface area contributed by atoms with E-state index in [1.807, 2.05) is 53.4 Å². The zero-order valence-electron chi connectivity index (χ0n) is 24.9. The van der Waals surface area contributed by atoms with Gasteiger partial charge in [-0.25, -0.2) is 4.39 Å². The fourth-order valence-electron chi connectivity index (χ4n) is 5.85. The van der Waals surface area contributed by atoms with Gasteiger partial charge in [0.25, 0.3) is 5.91 Å². The van der Waals surface area contributed by atoms with Crippen LogP contribution in [-0.4, -0.2) is 74.1 Å². The van der Waals surface area contributed by atoms with Gasteiger partial charge in [-0.2, -0.15) is 0 Å². The van der Waals surface area contributed by atoms with Crippen molar-refractivity contribution in [1.29, 1.82) is 0 Å². The van der Waals surface area contributed by atoms with E-state index < -0.39 is 0 Å². The number of Topliss-reactive ketones (excluding diaryl/α,β-unsaturated/α-hetero) is 1. The van der Waals surface area contributed by atoms with Gasteiger partial charge in [0.2, 0.25) is 0 Å². The Morgan fingerprint density at radius 2 is 1.70 bits per heavy atom. The molecule has 0 radical (unpaired) electrons. The number of benzene rings is 3. The molecule has 0 bridgehead atoms. The van der Waals surface area contributed by atoms with E-state index >= 15 is 0 Å². The molecule has 2 saturated heterocycles. The van der Waals surface area contributed by atoms with Crippen molar-refractivity contribution in [3.8, 4) is 5.75 Å².